The second kappa shape index (κ2) is 15.4. The molecule has 0 bridgehead atoms. The van der Waals surface area contributed by atoms with Gasteiger partial charge in [0.15, 0.2) is 0 Å². The normalized spacial score (nSPS) is 12.2. The molecule has 0 heterocycles. The summed E-state index contributed by atoms with van der Waals surface area (Å²) < 4.78 is 0. The number of amides is 1. The number of hydrogen-bond donors (Lipinski definition) is 0. The summed E-state index contributed by atoms with van der Waals surface area (Å²) in [4.78, 5) is 14.7. The number of nitrogens with zero attached hydrogens (tertiary/aromatic N) is 1. The van der Waals surface area contributed by atoms with Crippen LogP contribution in [-0.2, 0) is 4.79 Å². The smallest absolute Gasteiger partial charge is 0.223 e. The summed E-state index contributed by atoms with van der Waals surface area (Å²) in [6, 6.07) is 0. The second-order valence-electron chi connectivity index (χ2n) is 9.92. The largest absolute Gasteiger partial charge is 0.339 e. The van der Waals surface area contributed by atoms with Crippen LogP contribution >= 0.6 is 11.8 Å². The van der Waals surface area contributed by atoms with Crippen LogP contribution in [0.5, 0.6) is 0 Å². The fourth-order valence-electron chi connectivity index (χ4n) is 3.46. The van der Waals surface area contributed by atoms with Gasteiger partial charge in [0.2, 0.25) is 5.91 Å². The van der Waals surface area contributed by atoms with Crippen LogP contribution in [0.4, 0.5) is 0 Å². The Kier molecular flexibility index (Phi) is 15.2. The van der Waals surface area contributed by atoms with Crippen molar-refractivity contribution in [2.45, 2.75) is 106 Å². The van der Waals surface area contributed by atoms with Crippen LogP contribution < -0.4 is 0 Å². The molecule has 0 rings (SSSR count). The maximum atomic E-state index is 12.7. The number of rotatable bonds is 18. The maximum absolute atomic E-state index is 12.7. The summed E-state index contributed by atoms with van der Waals surface area (Å²) in [6.45, 7) is 19.3. The van der Waals surface area contributed by atoms with Gasteiger partial charge in [0.25, 0.3) is 0 Å². The molecular weight excluding hydrogens is 362 g/mol. The molecule has 2 nitrogen and oxygen atoms in total. The van der Waals surface area contributed by atoms with Crippen molar-refractivity contribution in [1.82, 2.24) is 4.90 Å². The molecule has 1 amide bonds. The maximum Gasteiger partial charge on any atom is 0.223 e. The van der Waals surface area contributed by atoms with Gasteiger partial charge in [-0.1, -0.05) is 86.1 Å². The topological polar surface area (TPSA) is 20.3 Å². The fourth-order valence-corrected chi connectivity index (χ4v) is 4.62. The number of carbonyl (C=O) groups is 1. The van der Waals surface area contributed by atoms with E-state index in [0.717, 1.165) is 24.5 Å². The van der Waals surface area contributed by atoms with Gasteiger partial charge in [0, 0.05) is 25.3 Å². The molecule has 3 heteroatoms. The lowest BCUT2D eigenvalue weighted by Crippen LogP contribution is -2.34. The summed E-state index contributed by atoms with van der Waals surface area (Å²) >= 11 is 1.94. The van der Waals surface area contributed by atoms with Crippen LogP contribution in [0.15, 0.2) is 12.7 Å². The quantitative estimate of drug-likeness (QED) is 0.170. The third kappa shape index (κ3) is 14.5. The van der Waals surface area contributed by atoms with Gasteiger partial charge in [0.05, 0.1) is 0 Å². The van der Waals surface area contributed by atoms with Crippen LogP contribution in [0, 0.1) is 10.8 Å². The number of unbranched alkanes of at least 4 members (excludes halogenated alkanes) is 4. The molecular formula is C25H49NOS. The van der Waals surface area contributed by atoms with E-state index in [0.29, 0.717) is 29.7 Å². The Morgan fingerprint density at radius 1 is 0.929 bits per heavy atom. The van der Waals surface area contributed by atoms with Gasteiger partial charge in [-0.2, -0.15) is 11.8 Å². The first-order valence-corrected chi connectivity index (χ1v) is 12.8. The van der Waals surface area contributed by atoms with Crippen molar-refractivity contribution >= 4 is 17.7 Å². The minimum absolute atomic E-state index is 0.292. The van der Waals surface area contributed by atoms with E-state index in [9.17, 15) is 4.79 Å². The van der Waals surface area contributed by atoms with E-state index < -0.39 is 0 Å². The Morgan fingerprint density at radius 3 is 2.18 bits per heavy atom. The van der Waals surface area contributed by atoms with Crippen LogP contribution in [0.2, 0.25) is 0 Å². The monoisotopic (exact) mass is 411 g/mol. The zero-order valence-corrected chi connectivity index (χ0v) is 20.8. The molecule has 166 valence electrons. The minimum atomic E-state index is 0.292. The van der Waals surface area contributed by atoms with E-state index in [1.165, 1.54) is 51.4 Å². The van der Waals surface area contributed by atoms with E-state index in [1.54, 1.807) is 0 Å². The van der Waals surface area contributed by atoms with E-state index in [1.807, 2.05) is 22.7 Å². The van der Waals surface area contributed by atoms with Gasteiger partial charge in [-0.25, -0.2) is 0 Å². The highest BCUT2D eigenvalue weighted by atomic mass is 32.2. The Balaban J connectivity index is 4.28. The standard InChI is InChI=1S/C25H49NOS/c1-8-11-13-14-17-24(4,5)18-20-26(19-10-3)23(27)15-21-28-22-25(6,7)16-12-9-2/h10H,3,8-9,11-22H2,1-2,4-7H3. The molecule has 0 radical (unpaired) electrons. The summed E-state index contributed by atoms with van der Waals surface area (Å²) in [5.74, 6) is 2.37. The summed E-state index contributed by atoms with van der Waals surface area (Å²) in [5.41, 5.74) is 0.692. The second-order valence-corrected chi connectivity index (χ2v) is 11.0. The van der Waals surface area contributed by atoms with Crippen LogP contribution in [0.25, 0.3) is 0 Å². The lowest BCUT2D eigenvalue weighted by Gasteiger charge is -2.29. The molecule has 0 aliphatic carbocycles. The van der Waals surface area contributed by atoms with Crippen molar-refractivity contribution in [1.29, 1.82) is 0 Å². The molecule has 0 saturated heterocycles. The Morgan fingerprint density at radius 2 is 1.57 bits per heavy atom. The van der Waals surface area contributed by atoms with Crippen molar-refractivity contribution in [3.63, 3.8) is 0 Å². The number of hydrogen-bond acceptors (Lipinski definition) is 2. The number of thioether (sulfide) groups is 1. The molecule has 0 spiro atoms. The van der Waals surface area contributed by atoms with E-state index >= 15 is 0 Å². The molecule has 0 fully saturated rings. The zero-order valence-electron chi connectivity index (χ0n) is 19.9. The molecule has 0 aliphatic heterocycles. The molecule has 28 heavy (non-hydrogen) atoms. The highest BCUT2D eigenvalue weighted by molar-refractivity contribution is 7.99. The lowest BCUT2D eigenvalue weighted by atomic mass is 9.83. The van der Waals surface area contributed by atoms with Crippen LogP contribution in [0.1, 0.15) is 106 Å². The lowest BCUT2D eigenvalue weighted by molar-refractivity contribution is -0.130. The summed E-state index contributed by atoms with van der Waals surface area (Å²) in [7, 11) is 0. The predicted molar refractivity (Wildman–Crippen MR) is 129 cm³/mol. The highest BCUT2D eigenvalue weighted by Crippen LogP contribution is 2.29. The van der Waals surface area contributed by atoms with Crippen molar-refractivity contribution in [2.75, 3.05) is 24.6 Å². The van der Waals surface area contributed by atoms with Gasteiger partial charge in [-0.3, -0.25) is 4.79 Å². The average Bonchev–Trinajstić information content (AvgIpc) is 2.64. The highest BCUT2D eigenvalue weighted by Gasteiger charge is 2.21. The Labute approximate surface area is 181 Å². The van der Waals surface area contributed by atoms with Crippen molar-refractivity contribution in [3.05, 3.63) is 12.7 Å². The SMILES string of the molecule is C=CCN(CCC(C)(C)CCCCCC)C(=O)CCSCC(C)(C)CCCC. The van der Waals surface area contributed by atoms with Gasteiger partial charge in [-0.05, 0) is 35.8 Å². The molecule has 0 unspecified atom stereocenters. The molecule has 0 aromatic rings. The van der Waals surface area contributed by atoms with Gasteiger partial charge in [0.1, 0.15) is 0 Å². The zero-order chi connectivity index (χ0) is 21.5. The molecule has 0 aliphatic rings. The van der Waals surface area contributed by atoms with Gasteiger partial charge >= 0.3 is 0 Å². The van der Waals surface area contributed by atoms with Crippen LogP contribution in [-0.4, -0.2) is 35.4 Å². The summed E-state index contributed by atoms with van der Waals surface area (Å²) in [5, 5.41) is 0. The molecule has 0 atom stereocenters. The molecule has 0 saturated carbocycles. The number of carbonyl (C=O) groups excluding carboxylic acids is 1. The third-order valence-corrected chi connectivity index (χ3v) is 7.11. The first kappa shape index (κ1) is 27.6. The fraction of sp³-hybridized carbons (Fsp3) is 0.880. The molecule has 0 aromatic carbocycles. The first-order valence-electron chi connectivity index (χ1n) is 11.6. The van der Waals surface area contributed by atoms with E-state index in [2.05, 4.69) is 48.1 Å². The van der Waals surface area contributed by atoms with Gasteiger partial charge in [-0.15, -0.1) is 6.58 Å². The van der Waals surface area contributed by atoms with Crippen LogP contribution in [0.3, 0.4) is 0 Å². The Bertz CT molecular complexity index is 417. The molecule has 0 N–H and O–H groups in total. The Hall–Kier alpha value is -0.440. The van der Waals surface area contributed by atoms with E-state index in [-0.39, 0.29) is 0 Å². The molecule has 0 aromatic heterocycles. The predicted octanol–water partition coefficient (Wildman–Crippen LogP) is 7.73. The van der Waals surface area contributed by atoms with Crippen molar-refractivity contribution in [2.24, 2.45) is 10.8 Å². The summed E-state index contributed by atoms with van der Waals surface area (Å²) in [6.07, 6.45) is 14.0. The third-order valence-electron chi connectivity index (χ3n) is 5.63. The minimum Gasteiger partial charge on any atom is -0.339 e. The van der Waals surface area contributed by atoms with E-state index in [4.69, 9.17) is 0 Å². The van der Waals surface area contributed by atoms with Gasteiger partial charge < -0.3 is 4.90 Å². The first-order chi connectivity index (χ1) is 13.2. The van der Waals surface area contributed by atoms with Crippen molar-refractivity contribution in [3.8, 4) is 0 Å². The van der Waals surface area contributed by atoms with Crippen molar-refractivity contribution < 1.29 is 4.79 Å². The average molecular weight is 412 g/mol.